The van der Waals surface area contributed by atoms with Crippen molar-refractivity contribution in [2.24, 2.45) is 11.8 Å². The zero-order valence-corrected chi connectivity index (χ0v) is 10.0. The fraction of sp³-hybridized carbons (Fsp3) is 0.923. The van der Waals surface area contributed by atoms with Crippen molar-refractivity contribution in [2.75, 3.05) is 19.6 Å². The van der Waals surface area contributed by atoms with Gasteiger partial charge in [-0.2, -0.15) is 0 Å². The van der Waals surface area contributed by atoms with Gasteiger partial charge in [0.05, 0.1) is 0 Å². The van der Waals surface area contributed by atoms with Crippen LogP contribution in [0.4, 0.5) is 0 Å². The van der Waals surface area contributed by atoms with E-state index in [-0.39, 0.29) is 0 Å². The molecule has 3 heteroatoms. The molecular weight excluding hydrogens is 202 g/mol. The lowest BCUT2D eigenvalue weighted by Gasteiger charge is -2.26. The zero-order valence-electron chi connectivity index (χ0n) is 10.0. The molecule has 3 nitrogen and oxygen atoms in total. The quantitative estimate of drug-likeness (QED) is 0.781. The van der Waals surface area contributed by atoms with Crippen molar-refractivity contribution < 1.29 is 9.90 Å². The number of likely N-dealkylation sites (tertiary alicyclic amines) is 1. The first-order valence-corrected chi connectivity index (χ1v) is 6.70. The van der Waals surface area contributed by atoms with Crippen LogP contribution in [0, 0.1) is 11.8 Å². The second kappa shape index (κ2) is 5.67. The zero-order chi connectivity index (χ0) is 11.4. The SMILES string of the molecule is O=C(O)CC(CN1CCCC1)C1CCCC1. The summed E-state index contributed by atoms with van der Waals surface area (Å²) in [4.78, 5) is 13.4. The highest BCUT2D eigenvalue weighted by Crippen LogP contribution is 2.34. The maximum absolute atomic E-state index is 10.9. The maximum atomic E-state index is 10.9. The van der Waals surface area contributed by atoms with Gasteiger partial charge in [-0.3, -0.25) is 4.79 Å². The van der Waals surface area contributed by atoms with Gasteiger partial charge in [0, 0.05) is 13.0 Å². The van der Waals surface area contributed by atoms with E-state index in [1.165, 1.54) is 51.6 Å². The fourth-order valence-electron chi connectivity index (χ4n) is 3.33. The van der Waals surface area contributed by atoms with Crippen LogP contribution in [-0.2, 0) is 4.79 Å². The fourth-order valence-corrected chi connectivity index (χ4v) is 3.33. The number of carbonyl (C=O) groups is 1. The summed E-state index contributed by atoms with van der Waals surface area (Å²) in [7, 11) is 0. The van der Waals surface area contributed by atoms with Gasteiger partial charge in [-0.15, -0.1) is 0 Å². The summed E-state index contributed by atoms with van der Waals surface area (Å²) in [6, 6.07) is 0. The molecule has 1 aliphatic heterocycles. The Hall–Kier alpha value is -0.570. The van der Waals surface area contributed by atoms with Crippen LogP contribution in [-0.4, -0.2) is 35.6 Å². The van der Waals surface area contributed by atoms with Crippen molar-refractivity contribution in [3.63, 3.8) is 0 Å². The number of nitrogens with zero attached hydrogens (tertiary/aromatic N) is 1. The van der Waals surface area contributed by atoms with Gasteiger partial charge in [0.15, 0.2) is 0 Å². The molecule has 0 aromatic heterocycles. The smallest absolute Gasteiger partial charge is 0.303 e. The first kappa shape index (κ1) is 11.9. The normalized spacial score (nSPS) is 25.0. The summed E-state index contributed by atoms with van der Waals surface area (Å²) in [5.41, 5.74) is 0. The van der Waals surface area contributed by atoms with E-state index in [2.05, 4.69) is 4.90 Å². The largest absolute Gasteiger partial charge is 0.481 e. The summed E-state index contributed by atoms with van der Waals surface area (Å²) < 4.78 is 0. The third-order valence-electron chi connectivity index (χ3n) is 4.19. The molecule has 1 atom stereocenters. The molecule has 1 saturated carbocycles. The predicted octanol–water partition coefficient (Wildman–Crippen LogP) is 2.36. The maximum Gasteiger partial charge on any atom is 0.303 e. The predicted molar refractivity (Wildman–Crippen MR) is 63.4 cm³/mol. The molecule has 1 saturated heterocycles. The van der Waals surface area contributed by atoms with Crippen molar-refractivity contribution in [1.29, 1.82) is 0 Å². The summed E-state index contributed by atoms with van der Waals surface area (Å²) >= 11 is 0. The summed E-state index contributed by atoms with van der Waals surface area (Å²) in [6.07, 6.45) is 8.09. The molecule has 1 heterocycles. The van der Waals surface area contributed by atoms with Crippen molar-refractivity contribution in [1.82, 2.24) is 4.90 Å². The summed E-state index contributed by atoms with van der Waals surface area (Å²) in [6.45, 7) is 3.39. The highest BCUT2D eigenvalue weighted by Gasteiger charge is 2.29. The van der Waals surface area contributed by atoms with Crippen LogP contribution in [0.15, 0.2) is 0 Å². The lowest BCUT2D eigenvalue weighted by molar-refractivity contribution is -0.138. The van der Waals surface area contributed by atoms with Gasteiger partial charge in [-0.1, -0.05) is 25.7 Å². The van der Waals surface area contributed by atoms with Gasteiger partial charge in [0.2, 0.25) is 0 Å². The minimum Gasteiger partial charge on any atom is -0.481 e. The lowest BCUT2D eigenvalue weighted by atomic mass is 9.87. The molecule has 1 unspecified atom stereocenters. The molecule has 0 spiro atoms. The van der Waals surface area contributed by atoms with Gasteiger partial charge in [-0.25, -0.2) is 0 Å². The van der Waals surface area contributed by atoms with E-state index in [9.17, 15) is 4.79 Å². The number of rotatable bonds is 5. The molecule has 2 rings (SSSR count). The van der Waals surface area contributed by atoms with Gasteiger partial charge in [-0.05, 0) is 37.8 Å². The van der Waals surface area contributed by atoms with E-state index >= 15 is 0 Å². The van der Waals surface area contributed by atoms with E-state index in [1.54, 1.807) is 0 Å². The number of hydrogen-bond donors (Lipinski definition) is 1. The molecule has 0 aromatic rings. The molecule has 0 aromatic carbocycles. The van der Waals surface area contributed by atoms with E-state index in [4.69, 9.17) is 5.11 Å². The van der Waals surface area contributed by atoms with Crippen LogP contribution in [0.1, 0.15) is 44.9 Å². The molecule has 16 heavy (non-hydrogen) atoms. The Balaban J connectivity index is 1.87. The molecule has 0 radical (unpaired) electrons. The Labute approximate surface area is 97.8 Å². The van der Waals surface area contributed by atoms with Gasteiger partial charge in [0.1, 0.15) is 0 Å². The minimum absolute atomic E-state index is 0.376. The molecule has 0 bridgehead atoms. The van der Waals surface area contributed by atoms with Crippen LogP contribution in [0.25, 0.3) is 0 Å². The van der Waals surface area contributed by atoms with Gasteiger partial charge in [0.25, 0.3) is 0 Å². The van der Waals surface area contributed by atoms with Crippen LogP contribution in [0.5, 0.6) is 0 Å². The van der Waals surface area contributed by atoms with Gasteiger partial charge >= 0.3 is 5.97 Å². The molecule has 92 valence electrons. The molecule has 1 aliphatic carbocycles. The van der Waals surface area contributed by atoms with E-state index in [0.29, 0.717) is 18.3 Å². The van der Waals surface area contributed by atoms with Crippen LogP contribution < -0.4 is 0 Å². The van der Waals surface area contributed by atoms with Crippen molar-refractivity contribution in [2.45, 2.75) is 44.9 Å². The van der Waals surface area contributed by atoms with Crippen molar-refractivity contribution in [3.05, 3.63) is 0 Å². The molecule has 1 N–H and O–H groups in total. The third kappa shape index (κ3) is 3.21. The third-order valence-corrected chi connectivity index (χ3v) is 4.19. The Morgan fingerprint density at radius 3 is 2.38 bits per heavy atom. The van der Waals surface area contributed by atoms with E-state index in [1.807, 2.05) is 0 Å². The van der Waals surface area contributed by atoms with Gasteiger partial charge < -0.3 is 10.0 Å². The average Bonchev–Trinajstić information content (AvgIpc) is 2.88. The summed E-state index contributed by atoms with van der Waals surface area (Å²) in [5, 5.41) is 9.00. The molecule has 2 aliphatic rings. The highest BCUT2D eigenvalue weighted by atomic mass is 16.4. The van der Waals surface area contributed by atoms with Crippen molar-refractivity contribution >= 4 is 5.97 Å². The Morgan fingerprint density at radius 1 is 1.19 bits per heavy atom. The number of hydrogen-bond acceptors (Lipinski definition) is 2. The Bertz CT molecular complexity index is 230. The average molecular weight is 225 g/mol. The Morgan fingerprint density at radius 2 is 1.81 bits per heavy atom. The lowest BCUT2D eigenvalue weighted by Crippen LogP contribution is -2.31. The standard InChI is InChI=1S/C13H23NO2/c15-13(16)9-12(11-5-1-2-6-11)10-14-7-3-4-8-14/h11-12H,1-10H2,(H,15,16). The first-order chi connectivity index (χ1) is 7.75. The van der Waals surface area contributed by atoms with Crippen molar-refractivity contribution in [3.8, 4) is 0 Å². The number of aliphatic carboxylic acids is 1. The van der Waals surface area contributed by atoms with Crippen LogP contribution >= 0.6 is 0 Å². The second-order valence-electron chi connectivity index (χ2n) is 5.41. The first-order valence-electron chi connectivity index (χ1n) is 6.70. The van der Waals surface area contributed by atoms with Crippen LogP contribution in [0.2, 0.25) is 0 Å². The molecular formula is C13H23NO2. The number of carboxylic acid groups (broad SMARTS) is 1. The highest BCUT2D eigenvalue weighted by molar-refractivity contribution is 5.67. The molecule has 0 amide bonds. The molecule has 2 fully saturated rings. The topological polar surface area (TPSA) is 40.5 Å². The van der Waals surface area contributed by atoms with E-state index in [0.717, 1.165) is 6.54 Å². The Kier molecular flexibility index (Phi) is 4.22. The minimum atomic E-state index is -0.615. The van der Waals surface area contributed by atoms with E-state index < -0.39 is 5.97 Å². The number of carboxylic acids is 1. The van der Waals surface area contributed by atoms with Crippen LogP contribution in [0.3, 0.4) is 0 Å². The monoisotopic (exact) mass is 225 g/mol. The summed E-state index contributed by atoms with van der Waals surface area (Å²) in [5.74, 6) is 0.464. The second-order valence-corrected chi connectivity index (χ2v) is 5.41.